The van der Waals surface area contributed by atoms with E-state index in [1.165, 1.54) is 16.0 Å². The first-order valence-corrected chi connectivity index (χ1v) is 7.87. The molecule has 0 aliphatic carbocycles. The second kappa shape index (κ2) is 7.53. The van der Waals surface area contributed by atoms with E-state index in [9.17, 15) is 0 Å². The molecule has 1 heterocycles. The number of aryl methyl sites for hydroxylation is 1. The number of nitrogens with zero attached hydrogens (tertiary/aromatic N) is 2. The fourth-order valence-electron chi connectivity index (χ4n) is 2.17. The summed E-state index contributed by atoms with van der Waals surface area (Å²) >= 11 is 1.74. The van der Waals surface area contributed by atoms with E-state index in [0.717, 1.165) is 31.7 Å². The molecule has 0 bridgehead atoms. The normalized spacial score (nSPS) is 11.2. The lowest BCUT2D eigenvalue weighted by Gasteiger charge is -2.16. The van der Waals surface area contributed by atoms with Gasteiger partial charge in [0.25, 0.3) is 0 Å². The van der Waals surface area contributed by atoms with Gasteiger partial charge in [0.2, 0.25) is 0 Å². The van der Waals surface area contributed by atoms with E-state index >= 15 is 0 Å². The van der Waals surface area contributed by atoms with Crippen molar-refractivity contribution >= 4 is 11.3 Å². The van der Waals surface area contributed by atoms with Crippen LogP contribution in [0.4, 0.5) is 0 Å². The van der Waals surface area contributed by atoms with Gasteiger partial charge >= 0.3 is 0 Å². The first kappa shape index (κ1) is 15.2. The zero-order valence-corrected chi connectivity index (χ0v) is 13.3. The number of benzene rings is 1. The lowest BCUT2D eigenvalue weighted by atomic mass is 10.1. The van der Waals surface area contributed by atoms with Crippen LogP contribution < -0.4 is 5.32 Å². The number of rotatable bonds is 7. The lowest BCUT2D eigenvalue weighted by molar-refractivity contribution is 0.321. The Kier molecular flexibility index (Phi) is 5.71. The summed E-state index contributed by atoms with van der Waals surface area (Å²) in [6.45, 7) is 5.06. The maximum Gasteiger partial charge on any atom is 0.0798 e. The Morgan fingerprint density at radius 2 is 1.85 bits per heavy atom. The second-order valence-corrected chi connectivity index (χ2v) is 6.14. The summed E-state index contributed by atoms with van der Waals surface area (Å²) in [5, 5.41) is 3.18. The van der Waals surface area contributed by atoms with Crippen LogP contribution in [0.3, 0.4) is 0 Å². The van der Waals surface area contributed by atoms with E-state index in [1.807, 2.05) is 12.6 Å². The average molecular weight is 289 g/mol. The first-order valence-electron chi connectivity index (χ1n) is 6.99. The maximum atomic E-state index is 4.30. The zero-order chi connectivity index (χ0) is 14.4. The molecule has 0 aliphatic heterocycles. The summed E-state index contributed by atoms with van der Waals surface area (Å²) in [7, 11) is 4.15. The predicted molar refractivity (Wildman–Crippen MR) is 86.1 cm³/mol. The number of hydrogen-bond acceptors (Lipinski definition) is 4. The number of aromatic nitrogens is 1. The molecule has 1 aromatic carbocycles. The van der Waals surface area contributed by atoms with Gasteiger partial charge in [0, 0.05) is 18.0 Å². The van der Waals surface area contributed by atoms with Crippen molar-refractivity contribution < 1.29 is 0 Å². The van der Waals surface area contributed by atoms with Crippen LogP contribution in [0.5, 0.6) is 0 Å². The molecular weight excluding hydrogens is 266 g/mol. The maximum absolute atomic E-state index is 4.30. The van der Waals surface area contributed by atoms with Gasteiger partial charge in [-0.3, -0.25) is 4.90 Å². The summed E-state index contributed by atoms with van der Waals surface area (Å²) in [5.74, 6) is 0. The van der Waals surface area contributed by atoms with Crippen molar-refractivity contribution in [2.24, 2.45) is 0 Å². The van der Waals surface area contributed by atoms with Crippen LogP contribution in [0, 0.1) is 6.92 Å². The number of hydrogen-bond donors (Lipinski definition) is 1. The molecule has 2 rings (SSSR count). The summed E-state index contributed by atoms with van der Waals surface area (Å²) in [6, 6.07) is 8.94. The Morgan fingerprint density at radius 1 is 1.15 bits per heavy atom. The molecule has 0 atom stereocenters. The molecule has 0 aliphatic rings. The van der Waals surface area contributed by atoms with Gasteiger partial charge in [0.1, 0.15) is 0 Å². The van der Waals surface area contributed by atoms with E-state index in [4.69, 9.17) is 0 Å². The van der Waals surface area contributed by atoms with E-state index in [0.29, 0.717) is 0 Å². The van der Waals surface area contributed by atoms with Crippen LogP contribution in [0.1, 0.15) is 21.7 Å². The van der Waals surface area contributed by atoms with Gasteiger partial charge in [-0.25, -0.2) is 4.98 Å². The van der Waals surface area contributed by atoms with Crippen molar-refractivity contribution in [3.8, 4) is 0 Å². The minimum atomic E-state index is 0.970. The highest BCUT2D eigenvalue weighted by Gasteiger charge is 2.06. The Bertz CT molecular complexity index is 519. The van der Waals surface area contributed by atoms with Crippen molar-refractivity contribution in [1.82, 2.24) is 15.2 Å². The van der Waals surface area contributed by atoms with Crippen molar-refractivity contribution in [3.63, 3.8) is 0 Å². The molecule has 0 fully saturated rings. The molecule has 2 aromatic rings. The third kappa shape index (κ3) is 4.40. The highest BCUT2D eigenvalue weighted by Crippen LogP contribution is 2.16. The first-order chi connectivity index (χ1) is 9.69. The van der Waals surface area contributed by atoms with Crippen molar-refractivity contribution in [1.29, 1.82) is 0 Å². The van der Waals surface area contributed by atoms with Crippen LogP contribution in [0.25, 0.3) is 0 Å². The van der Waals surface area contributed by atoms with Gasteiger partial charge < -0.3 is 5.32 Å². The van der Waals surface area contributed by atoms with Crippen LogP contribution in [0.15, 0.2) is 29.8 Å². The molecule has 1 N–H and O–H groups in total. The van der Waals surface area contributed by atoms with Crippen LogP contribution >= 0.6 is 11.3 Å². The topological polar surface area (TPSA) is 28.2 Å². The van der Waals surface area contributed by atoms with Gasteiger partial charge in [-0.2, -0.15) is 0 Å². The molecular formula is C16H23N3S. The molecule has 4 heteroatoms. The van der Waals surface area contributed by atoms with Crippen LogP contribution in [-0.2, 0) is 19.5 Å². The van der Waals surface area contributed by atoms with Gasteiger partial charge in [-0.15, -0.1) is 11.3 Å². The average Bonchev–Trinajstić information content (AvgIpc) is 2.83. The summed E-state index contributed by atoms with van der Waals surface area (Å²) in [6.07, 6.45) is 1.09. The molecule has 1 aromatic heterocycles. The van der Waals surface area contributed by atoms with Crippen molar-refractivity contribution in [3.05, 3.63) is 51.5 Å². The smallest absolute Gasteiger partial charge is 0.0798 e. The van der Waals surface area contributed by atoms with Crippen LogP contribution in [-0.4, -0.2) is 30.5 Å². The predicted octanol–water partition coefficient (Wildman–Crippen LogP) is 2.85. The summed E-state index contributed by atoms with van der Waals surface area (Å²) < 4.78 is 0. The van der Waals surface area contributed by atoms with Gasteiger partial charge in [0.05, 0.1) is 11.2 Å². The van der Waals surface area contributed by atoms with E-state index < -0.39 is 0 Å². The third-order valence-electron chi connectivity index (χ3n) is 3.40. The number of nitrogens with one attached hydrogen (secondary N) is 1. The standard InChI is InChI=1S/C16H23N3S/c1-13-16(20-12-18-13)11-19(3)10-15-6-4-14(5-7-15)8-9-17-2/h4-7,12,17H,8-11H2,1-3H3. The van der Waals surface area contributed by atoms with E-state index in [2.05, 4.69) is 53.4 Å². The zero-order valence-electron chi connectivity index (χ0n) is 12.5. The second-order valence-electron chi connectivity index (χ2n) is 5.20. The molecule has 0 spiro atoms. The third-order valence-corrected chi connectivity index (χ3v) is 4.32. The van der Waals surface area contributed by atoms with E-state index in [-0.39, 0.29) is 0 Å². The summed E-state index contributed by atoms with van der Waals surface area (Å²) in [5.41, 5.74) is 5.84. The molecule has 0 amide bonds. The highest BCUT2D eigenvalue weighted by atomic mass is 32.1. The van der Waals surface area contributed by atoms with Crippen molar-refractivity contribution in [2.45, 2.75) is 26.4 Å². The van der Waals surface area contributed by atoms with E-state index in [1.54, 1.807) is 11.3 Å². The Morgan fingerprint density at radius 3 is 2.45 bits per heavy atom. The fraction of sp³-hybridized carbons (Fsp3) is 0.438. The summed E-state index contributed by atoms with van der Waals surface area (Å²) in [4.78, 5) is 8.00. The molecule has 0 unspecified atom stereocenters. The Balaban J connectivity index is 1.87. The largest absolute Gasteiger partial charge is 0.319 e. The quantitative estimate of drug-likeness (QED) is 0.849. The molecule has 20 heavy (non-hydrogen) atoms. The Labute approximate surface area is 125 Å². The molecule has 0 saturated carbocycles. The molecule has 0 saturated heterocycles. The van der Waals surface area contributed by atoms with Gasteiger partial charge in [0.15, 0.2) is 0 Å². The van der Waals surface area contributed by atoms with Gasteiger partial charge in [-0.1, -0.05) is 24.3 Å². The highest BCUT2D eigenvalue weighted by molar-refractivity contribution is 7.09. The number of likely N-dealkylation sites (N-methyl/N-ethyl adjacent to an activating group) is 1. The monoisotopic (exact) mass is 289 g/mol. The fourth-order valence-corrected chi connectivity index (χ4v) is 3.03. The minimum absolute atomic E-state index is 0.970. The molecule has 3 nitrogen and oxygen atoms in total. The van der Waals surface area contributed by atoms with Gasteiger partial charge in [-0.05, 0) is 45.1 Å². The van der Waals surface area contributed by atoms with Crippen molar-refractivity contribution in [2.75, 3.05) is 20.6 Å². The Hall–Kier alpha value is -1.23. The molecule has 0 radical (unpaired) electrons. The van der Waals surface area contributed by atoms with Crippen LogP contribution in [0.2, 0.25) is 0 Å². The minimum Gasteiger partial charge on any atom is -0.319 e. The SMILES string of the molecule is CNCCc1ccc(CN(C)Cc2scnc2C)cc1. The number of thiazole rings is 1. The lowest BCUT2D eigenvalue weighted by Crippen LogP contribution is -2.17. The molecule has 108 valence electrons.